The SMILES string of the molecule is O=C(O)c1ccc(CN2CCn3ccnc3C2)cc1. The normalized spacial score (nSPS) is 15.2. The number of aromatic nitrogens is 2. The molecule has 0 saturated carbocycles. The van der Waals surface area contributed by atoms with Crippen LogP contribution in [0.15, 0.2) is 36.7 Å². The minimum Gasteiger partial charge on any atom is -0.478 e. The van der Waals surface area contributed by atoms with Crippen LogP contribution in [0, 0.1) is 0 Å². The van der Waals surface area contributed by atoms with E-state index in [0.29, 0.717) is 5.56 Å². The molecule has 2 aromatic rings. The second-order valence-corrected chi connectivity index (χ2v) is 4.75. The lowest BCUT2D eigenvalue weighted by atomic mass is 10.1. The Balaban J connectivity index is 1.68. The van der Waals surface area contributed by atoms with Crippen LogP contribution in [0.4, 0.5) is 0 Å². The van der Waals surface area contributed by atoms with E-state index >= 15 is 0 Å². The summed E-state index contributed by atoms with van der Waals surface area (Å²) in [6.45, 7) is 3.62. The van der Waals surface area contributed by atoms with Crippen LogP contribution in [0.3, 0.4) is 0 Å². The number of carboxylic acids is 1. The molecule has 5 nitrogen and oxygen atoms in total. The van der Waals surface area contributed by atoms with E-state index in [2.05, 4.69) is 14.5 Å². The van der Waals surface area contributed by atoms with Crippen LogP contribution in [-0.4, -0.2) is 32.1 Å². The van der Waals surface area contributed by atoms with Crippen molar-refractivity contribution in [2.75, 3.05) is 6.54 Å². The number of carboxylic acid groups (broad SMARTS) is 1. The predicted molar refractivity (Wildman–Crippen MR) is 69.7 cm³/mol. The van der Waals surface area contributed by atoms with Gasteiger partial charge < -0.3 is 9.67 Å². The zero-order valence-corrected chi connectivity index (χ0v) is 10.5. The molecule has 5 heteroatoms. The Labute approximate surface area is 111 Å². The number of nitrogens with zero attached hydrogens (tertiary/aromatic N) is 3. The fourth-order valence-corrected chi connectivity index (χ4v) is 2.37. The van der Waals surface area contributed by atoms with Gasteiger partial charge in [-0.05, 0) is 17.7 Å². The zero-order valence-electron chi connectivity index (χ0n) is 10.5. The molecule has 1 N–H and O–H groups in total. The number of benzene rings is 1. The first-order valence-corrected chi connectivity index (χ1v) is 6.27. The van der Waals surface area contributed by atoms with Crippen LogP contribution in [-0.2, 0) is 19.6 Å². The van der Waals surface area contributed by atoms with Crippen molar-refractivity contribution in [3.8, 4) is 0 Å². The van der Waals surface area contributed by atoms with Crippen LogP contribution in [0.2, 0.25) is 0 Å². The van der Waals surface area contributed by atoms with Crippen molar-refractivity contribution < 1.29 is 9.90 Å². The van der Waals surface area contributed by atoms with Gasteiger partial charge in [-0.15, -0.1) is 0 Å². The summed E-state index contributed by atoms with van der Waals surface area (Å²) in [5.74, 6) is 0.208. The molecule has 1 aliphatic rings. The smallest absolute Gasteiger partial charge is 0.335 e. The first-order chi connectivity index (χ1) is 9.22. The van der Waals surface area contributed by atoms with Crippen molar-refractivity contribution in [2.45, 2.75) is 19.6 Å². The van der Waals surface area contributed by atoms with Crippen molar-refractivity contribution >= 4 is 5.97 Å². The van der Waals surface area contributed by atoms with Gasteiger partial charge in [-0.2, -0.15) is 0 Å². The van der Waals surface area contributed by atoms with Gasteiger partial charge in [-0.1, -0.05) is 12.1 Å². The van der Waals surface area contributed by atoms with E-state index < -0.39 is 5.97 Å². The average molecular weight is 257 g/mol. The number of imidazole rings is 1. The van der Waals surface area contributed by atoms with Crippen molar-refractivity contribution in [1.29, 1.82) is 0 Å². The highest BCUT2D eigenvalue weighted by Crippen LogP contribution is 2.14. The Bertz CT molecular complexity index is 589. The molecule has 0 spiro atoms. The lowest BCUT2D eigenvalue weighted by molar-refractivity contribution is 0.0697. The second-order valence-electron chi connectivity index (χ2n) is 4.75. The molecule has 0 aliphatic carbocycles. The van der Waals surface area contributed by atoms with E-state index in [1.165, 1.54) is 0 Å². The largest absolute Gasteiger partial charge is 0.478 e. The first-order valence-electron chi connectivity index (χ1n) is 6.27. The molecule has 1 aliphatic heterocycles. The minimum absolute atomic E-state index is 0.331. The lowest BCUT2D eigenvalue weighted by Crippen LogP contribution is -2.33. The van der Waals surface area contributed by atoms with Gasteiger partial charge in [-0.25, -0.2) is 9.78 Å². The third kappa shape index (κ3) is 2.51. The van der Waals surface area contributed by atoms with Gasteiger partial charge in [0.25, 0.3) is 0 Å². The lowest BCUT2D eigenvalue weighted by Gasteiger charge is -2.27. The topological polar surface area (TPSA) is 58.4 Å². The third-order valence-corrected chi connectivity index (χ3v) is 3.43. The summed E-state index contributed by atoms with van der Waals surface area (Å²) < 4.78 is 2.17. The molecule has 0 fully saturated rings. The summed E-state index contributed by atoms with van der Waals surface area (Å²) in [7, 11) is 0. The Hall–Kier alpha value is -2.14. The summed E-state index contributed by atoms with van der Waals surface area (Å²) in [4.78, 5) is 17.4. The summed E-state index contributed by atoms with van der Waals surface area (Å²) in [6, 6.07) is 7.07. The van der Waals surface area contributed by atoms with E-state index in [9.17, 15) is 4.79 Å². The maximum absolute atomic E-state index is 10.8. The molecule has 0 unspecified atom stereocenters. The minimum atomic E-state index is -0.883. The molecular formula is C14H15N3O2. The third-order valence-electron chi connectivity index (χ3n) is 3.43. The Kier molecular flexibility index (Phi) is 3.05. The van der Waals surface area contributed by atoms with Gasteiger partial charge >= 0.3 is 5.97 Å². The highest BCUT2D eigenvalue weighted by atomic mass is 16.4. The Morgan fingerprint density at radius 2 is 2.05 bits per heavy atom. The monoisotopic (exact) mass is 257 g/mol. The Morgan fingerprint density at radius 3 is 2.79 bits per heavy atom. The molecule has 1 aromatic carbocycles. The van der Waals surface area contributed by atoms with Crippen LogP contribution in [0.1, 0.15) is 21.7 Å². The fraction of sp³-hybridized carbons (Fsp3) is 0.286. The highest BCUT2D eigenvalue weighted by molar-refractivity contribution is 5.87. The number of aromatic carboxylic acids is 1. The van der Waals surface area contributed by atoms with Gasteiger partial charge in [0, 0.05) is 32.0 Å². The average Bonchev–Trinajstić information content (AvgIpc) is 2.87. The van der Waals surface area contributed by atoms with E-state index in [0.717, 1.165) is 37.6 Å². The second kappa shape index (κ2) is 4.85. The number of fused-ring (bicyclic) bond motifs is 1. The molecule has 0 atom stereocenters. The van der Waals surface area contributed by atoms with Gasteiger partial charge in [0.15, 0.2) is 0 Å². The van der Waals surface area contributed by atoms with Crippen molar-refractivity contribution in [3.05, 3.63) is 53.6 Å². The number of hydrogen-bond donors (Lipinski definition) is 1. The maximum atomic E-state index is 10.8. The van der Waals surface area contributed by atoms with E-state index in [1.54, 1.807) is 12.1 Å². The van der Waals surface area contributed by atoms with Crippen LogP contribution >= 0.6 is 0 Å². The van der Waals surface area contributed by atoms with Gasteiger partial charge in [0.1, 0.15) is 5.82 Å². The maximum Gasteiger partial charge on any atom is 0.335 e. The van der Waals surface area contributed by atoms with Crippen molar-refractivity contribution in [1.82, 2.24) is 14.5 Å². The van der Waals surface area contributed by atoms with E-state index in [4.69, 9.17) is 5.11 Å². The molecule has 2 heterocycles. The van der Waals surface area contributed by atoms with Crippen molar-refractivity contribution in [2.24, 2.45) is 0 Å². The molecule has 1 aromatic heterocycles. The molecule has 3 rings (SSSR count). The summed E-state index contributed by atoms with van der Waals surface area (Å²) in [5, 5.41) is 8.86. The molecular weight excluding hydrogens is 242 g/mol. The summed E-state index contributed by atoms with van der Waals surface area (Å²) in [6.07, 6.45) is 3.84. The summed E-state index contributed by atoms with van der Waals surface area (Å²) >= 11 is 0. The van der Waals surface area contributed by atoms with Crippen LogP contribution in [0.25, 0.3) is 0 Å². The molecule has 0 saturated heterocycles. The Morgan fingerprint density at radius 1 is 1.26 bits per heavy atom. The molecule has 0 amide bonds. The molecule has 0 bridgehead atoms. The number of hydrogen-bond acceptors (Lipinski definition) is 3. The molecule has 98 valence electrons. The summed E-state index contributed by atoms with van der Waals surface area (Å²) in [5.41, 5.74) is 1.46. The quantitative estimate of drug-likeness (QED) is 0.907. The first kappa shape index (κ1) is 11.9. The van der Waals surface area contributed by atoms with Crippen LogP contribution < -0.4 is 0 Å². The number of carbonyl (C=O) groups is 1. The van der Waals surface area contributed by atoms with Gasteiger partial charge in [0.2, 0.25) is 0 Å². The molecule has 0 radical (unpaired) electrons. The van der Waals surface area contributed by atoms with Crippen molar-refractivity contribution in [3.63, 3.8) is 0 Å². The number of rotatable bonds is 3. The van der Waals surface area contributed by atoms with Crippen LogP contribution in [0.5, 0.6) is 0 Å². The zero-order chi connectivity index (χ0) is 13.2. The fourth-order valence-electron chi connectivity index (χ4n) is 2.37. The highest BCUT2D eigenvalue weighted by Gasteiger charge is 2.16. The van der Waals surface area contributed by atoms with E-state index in [1.807, 2.05) is 24.5 Å². The van der Waals surface area contributed by atoms with Gasteiger partial charge in [-0.3, -0.25) is 4.90 Å². The molecule has 19 heavy (non-hydrogen) atoms. The predicted octanol–water partition coefficient (Wildman–Crippen LogP) is 1.60. The van der Waals surface area contributed by atoms with E-state index in [-0.39, 0.29) is 0 Å². The van der Waals surface area contributed by atoms with Gasteiger partial charge in [0.05, 0.1) is 12.1 Å². The standard InChI is InChI=1S/C14H15N3O2/c18-14(19)12-3-1-11(2-4-12)9-16-7-8-17-6-5-15-13(17)10-16/h1-6H,7-10H2,(H,18,19).